The van der Waals surface area contributed by atoms with E-state index in [-0.39, 0.29) is 5.91 Å². The highest BCUT2D eigenvalue weighted by molar-refractivity contribution is 6.06. The van der Waals surface area contributed by atoms with Crippen molar-refractivity contribution in [2.24, 2.45) is 0 Å². The first-order valence-electron chi connectivity index (χ1n) is 11.9. The minimum Gasteiger partial charge on any atom is -0.495 e. The van der Waals surface area contributed by atoms with E-state index in [1.807, 2.05) is 43.3 Å². The van der Waals surface area contributed by atoms with Gasteiger partial charge in [0.15, 0.2) is 5.82 Å². The number of aromatic nitrogens is 3. The number of rotatable bonds is 5. The van der Waals surface area contributed by atoms with E-state index < -0.39 is 6.04 Å². The number of nitrogens with zero attached hydrogens (tertiary/aromatic N) is 4. The fourth-order valence-electron chi connectivity index (χ4n) is 4.43. The lowest BCUT2D eigenvalue weighted by Crippen LogP contribution is -2.31. The molecule has 37 heavy (non-hydrogen) atoms. The van der Waals surface area contributed by atoms with E-state index in [9.17, 15) is 10.1 Å². The SMILES string of the molecule is COc1ccccc1NC(=O)C1=C(C)Nc2nc(-c3ccc(C)c(C)c3)nn2C1c1ccc(C#N)cc1. The molecule has 0 aliphatic carbocycles. The zero-order chi connectivity index (χ0) is 26.1. The van der Waals surface area contributed by atoms with Gasteiger partial charge < -0.3 is 15.4 Å². The minimum atomic E-state index is -0.563. The number of aryl methyl sites for hydroxylation is 2. The van der Waals surface area contributed by atoms with Crippen LogP contribution in [0.25, 0.3) is 11.4 Å². The van der Waals surface area contributed by atoms with Gasteiger partial charge in [-0.1, -0.05) is 36.4 Å². The van der Waals surface area contributed by atoms with Crippen LogP contribution in [0.4, 0.5) is 11.6 Å². The standard InChI is InChI=1S/C29H26N6O2/c1-17-9-12-22(15-18(17)2)27-33-29-31-19(3)25(28(36)32-23-7-5-6-8-24(23)37-4)26(35(29)34-27)21-13-10-20(16-30)11-14-21/h5-15,26H,1-4H3,(H,32,36)(H,31,33,34). The van der Waals surface area contributed by atoms with Crippen molar-refractivity contribution in [2.75, 3.05) is 17.7 Å². The summed E-state index contributed by atoms with van der Waals surface area (Å²) >= 11 is 0. The molecule has 1 unspecified atom stereocenters. The van der Waals surface area contributed by atoms with Gasteiger partial charge in [0.1, 0.15) is 11.8 Å². The third kappa shape index (κ3) is 4.43. The average Bonchev–Trinajstić information content (AvgIpc) is 3.33. The van der Waals surface area contributed by atoms with E-state index in [4.69, 9.17) is 14.8 Å². The summed E-state index contributed by atoms with van der Waals surface area (Å²) in [5, 5.41) is 20.4. The molecular weight excluding hydrogens is 464 g/mol. The van der Waals surface area contributed by atoms with E-state index >= 15 is 0 Å². The van der Waals surface area contributed by atoms with Crippen LogP contribution in [0.5, 0.6) is 5.75 Å². The third-order valence-corrected chi connectivity index (χ3v) is 6.57. The number of para-hydroxylation sites is 2. The van der Waals surface area contributed by atoms with Crippen LogP contribution >= 0.6 is 0 Å². The minimum absolute atomic E-state index is 0.294. The monoisotopic (exact) mass is 490 g/mol. The quantitative estimate of drug-likeness (QED) is 0.390. The van der Waals surface area contributed by atoms with Crippen LogP contribution in [0.3, 0.4) is 0 Å². The summed E-state index contributed by atoms with van der Waals surface area (Å²) in [6.45, 7) is 5.97. The molecule has 0 saturated heterocycles. The molecule has 1 aromatic heterocycles. The van der Waals surface area contributed by atoms with E-state index in [2.05, 4.69) is 36.6 Å². The Hall–Kier alpha value is -4.90. The molecule has 1 amide bonds. The van der Waals surface area contributed by atoms with Crippen LogP contribution in [0.2, 0.25) is 0 Å². The van der Waals surface area contributed by atoms with Gasteiger partial charge in [0.05, 0.1) is 30.0 Å². The van der Waals surface area contributed by atoms with Crippen LogP contribution in [0.15, 0.2) is 78.0 Å². The summed E-state index contributed by atoms with van der Waals surface area (Å²) in [6, 6.07) is 22.1. The Morgan fingerprint density at radius 3 is 2.51 bits per heavy atom. The molecule has 0 bridgehead atoms. The van der Waals surface area contributed by atoms with Crippen molar-refractivity contribution in [3.05, 3.63) is 100 Å². The molecule has 5 rings (SSSR count). The predicted molar refractivity (Wildman–Crippen MR) is 142 cm³/mol. The highest BCUT2D eigenvalue weighted by Crippen LogP contribution is 2.37. The van der Waals surface area contributed by atoms with E-state index in [1.165, 1.54) is 5.56 Å². The largest absolute Gasteiger partial charge is 0.495 e. The van der Waals surface area contributed by atoms with Crippen LogP contribution in [0.1, 0.15) is 35.2 Å². The first kappa shape index (κ1) is 23.8. The van der Waals surface area contributed by atoms with Crippen molar-refractivity contribution in [3.63, 3.8) is 0 Å². The van der Waals surface area contributed by atoms with Gasteiger partial charge in [-0.15, -0.1) is 5.10 Å². The normalized spacial score (nSPS) is 14.4. The number of benzene rings is 3. The number of nitrogens with one attached hydrogen (secondary N) is 2. The van der Waals surface area contributed by atoms with Crippen molar-refractivity contribution in [1.29, 1.82) is 5.26 Å². The van der Waals surface area contributed by atoms with Gasteiger partial charge in [0.25, 0.3) is 5.91 Å². The van der Waals surface area contributed by atoms with Gasteiger partial charge in [-0.3, -0.25) is 4.79 Å². The smallest absolute Gasteiger partial charge is 0.255 e. The maximum atomic E-state index is 13.7. The molecule has 0 spiro atoms. The van der Waals surface area contributed by atoms with E-state index in [0.29, 0.717) is 40.0 Å². The summed E-state index contributed by atoms with van der Waals surface area (Å²) in [7, 11) is 1.56. The Morgan fingerprint density at radius 2 is 1.81 bits per heavy atom. The summed E-state index contributed by atoms with van der Waals surface area (Å²) < 4.78 is 7.15. The van der Waals surface area contributed by atoms with Crippen molar-refractivity contribution in [3.8, 4) is 23.2 Å². The molecule has 184 valence electrons. The Balaban J connectivity index is 1.61. The van der Waals surface area contributed by atoms with Crippen molar-refractivity contribution in [2.45, 2.75) is 26.8 Å². The van der Waals surface area contributed by atoms with Crippen molar-refractivity contribution >= 4 is 17.5 Å². The maximum Gasteiger partial charge on any atom is 0.255 e. The lowest BCUT2D eigenvalue weighted by Gasteiger charge is -2.28. The Labute approximate surface area is 215 Å². The van der Waals surface area contributed by atoms with E-state index in [1.54, 1.807) is 36.1 Å². The predicted octanol–water partition coefficient (Wildman–Crippen LogP) is 5.37. The molecule has 4 aromatic rings. The molecule has 2 N–H and O–H groups in total. The first-order valence-corrected chi connectivity index (χ1v) is 11.9. The summed E-state index contributed by atoms with van der Waals surface area (Å²) in [4.78, 5) is 18.5. The Kier molecular flexibility index (Phi) is 6.20. The molecular formula is C29H26N6O2. The molecule has 2 heterocycles. The number of allylic oxidation sites excluding steroid dienone is 1. The molecule has 1 aliphatic heterocycles. The van der Waals surface area contributed by atoms with Gasteiger partial charge in [-0.2, -0.15) is 10.2 Å². The molecule has 8 heteroatoms. The van der Waals surface area contributed by atoms with Crippen LogP contribution in [-0.2, 0) is 4.79 Å². The second-order valence-electron chi connectivity index (χ2n) is 8.96. The topological polar surface area (TPSA) is 105 Å². The second kappa shape index (κ2) is 9.63. The Morgan fingerprint density at radius 1 is 1.05 bits per heavy atom. The fraction of sp³-hybridized carbons (Fsp3) is 0.172. The number of carbonyl (C=O) groups excluding carboxylic acids is 1. The number of anilines is 2. The average molecular weight is 491 g/mol. The van der Waals surface area contributed by atoms with Crippen molar-refractivity contribution in [1.82, 2.24) is 14.8 Å². The summed E-state index contributed by atoms with van der Waals surface area (Å²) in [6.07, 6.45) is 0. The number of nitriles is 1. The lowest BCUT2D eigenvalue weighted by molar-refractivity contribution is -0.113. The second-order valence-corrected chi connectivity index (χ2v) is 8.96. The van der Waals surface area contributed by atoms with Crippen LogP contribution in [0, 0.1) is 25.2 Å². The maximum absolute atomic E-state index is 13.7. The van der Waals surface area contributed by atoms with Crippen LogP contribution in [-0.4, -0.2) is 27.8 Å². The molecule has 1 atom stereocenters. The number of carbonyl (C=O) groups is 1. The number of ether oxygens (including phenoxy) is 1. The highest BCUT2D eigenvalue weighted by Gasteiger charge is 2.34. The fourth-order valence-corrected chi connectivity index (χ4v) is 4.43. The molecule has 1 aliphatic rings. The van der Waals surface area contributed by atoms with Gasteiger partial charge in [0, 0.05) is 11.3 Å². The van der Waals surface area contributed by atoms with Gasteiger partial charge in [-0.25, -0.2) is 4.68 Å². The number of hydrogen-bond donors (Lipinski definition) is 2. The zero-order valence-corrected chi connectivity index (χ0v) is 21.0. The number of fused-ring (bicyclic) bond motifs is 1. The molecule has 0 radical (unpaired) electrons. The van der Waals surface area contributed by atoms with E-state index in [0.717, 1.165) is 16.7 Å². The lowest BCUT2D eigenvalue weighted by atomic mass is 9.94. The summed E-state index contributed by atoms with van der Waals surface area (Å²) in [5.74, 6) is 1.36. The number of amides is 1. The molecule has 0 saturated carbocycles. The highest BCUT2D eigenvalue weighted by atomic mass is 16.5. The van der Waals surface area contributed by atoms with Crippen molar-refractivity contribution < 1.29 is 9.53 Å². The number of hydrogen-bond acceptors (Lipinski definition) is 6. The van der Waals surface area contributed by atoms with Gasteiger partial charge in [0.2, 0.25) is 5.95 Å². The van der Waals surface area contributed by atoms with Gasteiger partial charge in [-0.05, 0) is 67.8 Å². The summed E-state index contributed by atoms with van der Waals surface area (Å²) in [5.41, 5.74) is 6.28. The first-order chi connectivity index (χ1) is 17.9. The Bertz CT molecular complexity index is 1580. The molecule has 3 aromatic carbocycles. The van der Waals surface area contributed by atoms with Crippen LogP contribution < -0.4 is 15.4 Å². The number of methoxy groups -OCH3 is 1. The molecule has 8 nitrogen and oxygen atoms in total. The third-order valence-electron chi connectivity index (χ3n) is 6.57. The zero-order valence-electron chi connectivity index (χ0n) is 21.0. The molecule has 0 fully saturated rings. The van der Waals surface area contributed by atoms with Gasteiger partial charge >= 0.3 is 0 Å².